The summed E-state index contributed by atoms with van der Waals surface area (Å²) in [4.78, 5) is 11.9. The van der Waals surface area contributed by atoms with Crippen LogP contribution in [0.2, 0.25) is 0 Å². The van der Waals surface area contributed by atoms with Crippen LogP contribution in [0.25, 0.3) is 0 Å². The van der Waals surface area contributed by atoms with Gasteiger partial charge < -0.3 is 0 Å². The molecule has 88 valence electrons. The molecular weight excluding hydrogens is 208 g/mol. The van der Waals surface area contributed by atoms with Gasteiger partial charge in [-0.05, 0) is 24.8 Å². The van der Waals surface area contributed by atoms with Gasteiger partial charge in [-0.25, -0.2) is 0 Å². The predicted octanol–water partition coefficient (Wildman–Crippen LogP) is 3.71. The Morgan fingerprint density at radius 2 is 2.06 bits per heavy atom. The third kappa shape index (κ3) is 2.38. The lowest BCUT2D eigenvalue weighted by atomic mass is 9.61. The van der Waals surface area contributed by atoms with Crippen LogP contribution >= 0.6 is 0 Å². The van der Waals surface area contributed by atoms with Crippen molar-refractivity contribution in [2.45, 2.75) is 25.7 Å². The first-order valence-electron chi connectivity index (χ1n) is 6.04. The van der Waals surface area contributed by atoms with Crippen LogP contribution in [-0.2, 0) is 11.2 Å². The van der Waals surface area contributed by atoms with Crippen LogP contribution in [0, 0.1) is 5.41 Å². The molecule has 0 aliphatic heterocycles. The lowest BCUT2D eigenvalue weighted by Gasteiger charge is -2.40. The summed E-state index contributed by atoms with van der Waals surface area (Å²) in [6.45, 7) is 7.67. The first kappa shape index (κ1) is 11.8. The minimum Gasteiger partial charge on any atom is -0.299 e. The first-order chi connectivity index (χ1) is 8.16. The van der Waals surface area contributed by atoms with Crippen LogP contribution in [0.1, 0.15) is 24.8 Å². The molecule has 0 aromatic heterocycles. The van der Waals surface area contributed by atoms with Gasteiger partial charge >= 0.3 is 0 Å². The fourth-order valence-corrected chi connectivity index (χ4v) is 2.51. The molecule has 0 saturated heterocycles. The maximum atomic E-state index is 11.9. The SMILES string of the molecule is C=CC(=C)C[C@]1(Cc2ccccc2)CCC1=O. The summed E-state index contributed by atoms with van der Waals surface area (Å²) in [6.07, 6.45) is 5.05. The van der Waals surface area contributed by atoms with E-state index in [2.05, 4.69) is 25.3 Å². The van der Waals surface area contributed by atoms with E-state index in [9.17, 15) is 4.79 Å². The molecule has 0 heterocycles. The minimum atomic E-state index is -0.202. The van der Waals surface area contributed by atoms with Gasteiger partial charge in [-0.1, -0.05) is 55.1 Å². The highest BCUT2D eigenvalue weighted by Gasteiger charge is 2.45. The quantitative estimate of drug-likeness (QED) is 0.699. The number of carbonyl (C=O) groups excluding carboxylic acids is 1. The Kier molecular flexibility index (Phi) is 3.28. The maximum absolute atomic E-state index is 11.9. The molecule has 1 aliphatic rings. The van der Waals surface area contributed by atoms with Crippen molar-refractivity contribution in [3.63, 3.8) is 0 Å². The van der Waals surface area contributed by atoms with E-state index in [1.807, 2.05) is 18.2 Å². The highest BCUT2D eigenvalue weighted by Crippen LogP contribution is 2.45. The number of carbonyl (C=O) groups is 1. The molecule has 1 aromatic carbocycles. The van der Waals surface area contributed by atoms with Gasteiger partial charge in [0, 0.05) is 11.8 Å². The average Bonchev–Trinajstić information content (AvgIpc) is 2.37. The van der Waals surface area contributed by atoms with Crippen molar-refractivity contribution in [1.29, 1.82) is 0 Å². The number of hydrogen-bond acceptors (Lipinski definition) is 1. The Morgan fingerprint density at radius 3 is 2.53 bits per heavy atom. The highest BCUT2D eigenvalue weighted by molar-refractivity contribution is 5.91. The molecule has 1 saturated carbocycles. The lowest BCUT2D eigenvalue weighted by molar-refractivity contribution is -0.138. The van der Waals surface area contributed by atoms with Crippen LogP contribution in [-0.4, -0.2) is 5.78 Å². The molecule has 2 rings (SSSR count). The zero-order valence-electron chi connectivity index (χ0n) is 10.1. The normalized spacial score (nSPS) is 22.9. The summed E-state index contributed by atoms with van der Waals surface area (Å²) >= 11 is 0. The van der Waals surface area contributed by atoms with Gasteiger partial charge in [-0.2, -0.15) is 0 Å². The smallest absolute Gasteiger partial charge is 0.139 e. The van der Waals surface area contributed by atoms with Crippen molar-refractivity contribution in [1.82, 2.24) is 0 Å². The Morgan fingerprint density at radius 1 is 1.35 bits per heavy atom. The second-order valence-corrected chi connectivity index (χ2v) is 4.91. The van der Waals surface area contributed by atoms with E-state index in [0.717, 1.165) is 31.3 Å². The fourth-order valence-electron chi connectivity index (χ4n) is 2.51. The number of rotatable bonds is 5. The molecule has 0 unspecified atom stereocenters. The van der Waals surface area contributed by atoms with Crippen molar-refractivity contribution in [2.24, 2.45) is 5.41 Å². The minimum absolute atomic E-state index is 0.202. The van der Waals surface area contributed by atoms with Crippen molar-refractivity contribution in [3.05, 3.63) is 60.7 Å². The molecule has 1 aromatic rings. The molecule has 0 radical (unpaired) electrons. The van der Waals surface area contributed by atoms with Crippen molar-refractivity contribution >= 4 is 5.78 Å². The molecule has 1 nitrogen and oxygen atoms in total. The van der Waals surface area contributed by atoms with Gasteiger partial charge in [-0.15, -0.1) is 0 Å². The van der Waals surface area contributed by atoms with Gasteiger partial charge in [-0.3, -0.25) is 4.79 Å². The summed E-state index contributed by atoms with van der Waals surface area (Å²) in [5.41, 5.74) is 2.00. The number of hydrogen-bond donors (Lipinski definition) is 0. The molecule has 17 heavy (non-hydrogen) atoms. The van der Waals surface area contributed by atoms with Crippen molar-refractivity contribution in [3.8, 4) is 0 Å². The third-order valence-corrected chi connectivity index (χ3v) is 3.66. The van der Waals surface area contributed by atoms with Crippen LogP contribution in [0.5, 0.6) is 0 Å². The molecule has 0 N–H and O–H groups in total. The zero-order valence-corrected chi connectivity index (χ0v) is 10.1. The number of benzene rings is 1. The monoisotopic (exact) mass is 226 g/mol. The zero-order chi connectivity index (χ0) is 12.3. The second kappa shape index (κ2) is 4.70. The van der Waals surface area contributed by atoms with Crippen LogP contribution in [0.15, 0.2) is 55.1 Å². The van der Waals surface area contributed by atoms with Crippen LogP contribution in [0.4, 0.5) is 0 Å². The van der Waals surface area contributed by atoms with Crippen molar-refractivity contribution in [2.75, 3.05) is 0 Å². The number of ketones is 1. The van der Waals surface area contributed by atoms with E-state index < -0.39 is 0 Å². The van der Waals surface area contributed by atoms with E-state index in [-0.39, 0.29) is 5.41 Å². The highest BCUT2D eigenvalue weighted by atomic mass is 16.1. The van der Waals surface area contributed by atoms with E-state index in [1.165, 1.54) is 5.56 Å². The van der Waals surface area contributed by atoms with Gasteiger partial charge in [0.25, 0.3) is 0 Å². The molecular formula is C16H18O. The standard InChI is InChI=1S/C16H18O/c1-3-13(2)11-16(10-9-15(16)17)12-14-7-5-4-6-8-14/h3-8H,1-2,9-12H2/t16-/m0/s1. The first-order valence-corrected chi connectivity index (χ1v) is 6.04. The van der Waals surface area contributed by atoms with Gasteiger partial charge in [0.15, 0.2) is 0 Å². The Balaban J connectivity index is 2.16. The van der Waals surface area contributed by atoms with Crippen molar-refractivity contribution < 1.29 is 4.79 Å². The van der Waals surface area contributed by atoms with E-state index in [1.54, 1.807) is 6.08 Å². The summed E-state index contributed by atoms with van der Waals surface area (Å²) in [6, 6.07) is 10.2. The van der Waals surface area contributed by atoms with E-state index in [0.29, 0.717) is 5.78 Å². The predicted molar refractivity (Wildman–Crippen MR) is 70.8 cm³/mol. The average molecular weight is 226 g/mol. The Hall–Kier alpha value is -1.63. The van der Waals surface area contributed by atoms with Gasteiger partial charge in [0.05, 0.1) is 0 Å². The second-order valence-electron chi connectivity index (χ2n) is 4.91. The molecule has 0 spiro atoms. The third-order valence-electron chi connectivity index (χ3n) is 3.66. The van der Waals surface area contributed by atoms with Crippen LogP contribution < -0.4 is 0 Å². The Labute approximate surface area is 103 Å². The lowest BCUT2D eigenvalue weighted by Crippen LogP contribution is -2.42. The summed E-state index contributed by atoms with van der Waals surface area (Å²) in [5, 5.41) is 0. The molecule has 0 amide bonds. The Bertz CT molecular complexity index is 444. The molecule has 1 heteroatoms. The summed E-state index contributed by atoms with van der Waals surface area (Å²) in [5.74, 6) is 0.379. The van der Waals surface area contributed by atoms with Gasteiger partial charge in [0.1, 0.15) is 5.78 Å². The van der Waals surface area contributed by atoms with Gasteiger partial charge in [0.2, 0.25) is 0 Å². The molecule has 1 fully saturated rings. The molecule has 0 bridgehead atoms. The molecule has 1 aliphatic carbocycles. The topological polar surface area (TPSA) is 17.1 Å². The fraction of sp³-hybridized carbons (Fsp3) is 0.312. The maximum Gasteiger partial charge on any atom is 0.139 e. The van der Waals surface area contributed by atoms with E-state index >= 15 is 0 Å². The molecule has 1 atom stereocenters. The number of Topliss-reactive ketones (excluding diaryl/α,β-unsaturated/α-hetero) is 1. The van der Waals surface area contributed by atoms with Crippen LogP contribution in [0.3, 0.4) is 0 Å². The van der Waals surface area contributed by atoms with E-state index in [4.69, 9.17) is 0 Å². The number of allylic oxidation sites excluding steroid dienone is 2. The summed E-state index contributed by atoms with van der Waals surface area (Å²) < 4.78 is 0. The largest absolute Gasteiger partial charge is 0.299 e. The summed E-state index contributed by atoms with van der Waals surface area (Å²) in [7, 11) is 0.